The molecule has 4 N–H and O–H groups in total. The summed E-state index contributed by atoms with van der Waals surface area (Å²) in [6.45, 7) is 11.6. The van der Waals surface area contributed by atoms with E-state index in [0.717, 1.165) is 67.5 Å². The average molecular weight is 1040 g/mol. The fourth-order valence-electron chi connectivity index (χ4n) is 8.00. The molecule has 368 valence electrons. The van der Waals surface area contributed by atoms with Crippen LogP contribution in [0.2, 0.25) is 0 Å². The summed E-state index contributed by atoms with van der Waals surface area (Å²) in [5.41, 5.74) is 10.4. The van der Waals surface area contributed by atoms with Gasteiger partial charge in [0.15, 0.2) is 0 Å². The standard InChI is InChI=1S/2C27H29FNO5P.2Na/c2*1-17(2)26-23(13-14-35(33,34)16-22(30)15-24(31)32)25(19-9-11-21(28)12-10-19)18(3)27(29-26)20-7-5-4-6-8-20;;/h2*4-14,17,22,30H,15-16H2,1-3H3,(H,31,32)(H,33,34);;/q;;2*+1/p-2/t2*22-;;/m00../s1. The number of aliphatic hydroxyl groups is 2. The van der Waals surface area contributed by atoms with Crippen LogP contribution >= 0.6 is 14.7 Å². The molecule has 2 heterocycles. The predicted molar refractivity (Wildman–Crippen MR) is 267 cm³/mol. The van der Waals surface area contributed by atoms with Gasteiger partial charge in [-0.05, 0) is 95.5 Å². The Morgan fingerprint density at radius 1 is 0.556 bits per heavy atom. The second-order valence-electron chi connectivity index (χ2n) is 17.5. The molecule has 2 aromatic heterocycles. The third-order valence-corrected chi connectivity index (χ3v) is 14.3. The molecule has 0 aliphatic rings. The number of carboxylic acids is 2. The number of benzene rings is 4. The minimum Gasteiger partial charge on any atom is -0.550 e. The molecule has 4 aromatic carbocycles. The van der Waals surface area contributed by atoms with Gasteiger partial charge in [0, 0.05) is 58.7 Å². The zero-order chi connectivity index (χ0) is 51.5. The Labute approximate surface area is 463 Å². The maximum atomic E-state index is 13.7. The first kappa shape index (κ1) is 62.1. The Hall–Kier alpha value is -4.24. The van der Waals surface area contributed by atoms with Crippen LogP contribution < -0.4 is 69.3 Å². The number of rotatable bonds is 18. The number of pyridine rings is 2. The van der Waals surface area contributed by atoms with E-state index in [1.54, 1.807) is 24.3 Å². The fourth-order valence-corrected chi connectivity index (χ4v) is 10.5. The van der Waals surface area contributed by atoms with E-state index in [0.29, 0.717) is 22.5 Å². The molecule has 0 saturated heterocycles. The van der Waals surface area contributed by atoms with Gasteiger partial charge in [0.25, 0.3) is 0 Å². The number of aromatic nitrogens is 2. The van der Waals surface area contributed by atoms with Crippen LogP contribution in [0, 0.1) is 25.5 Å². The van der Waals surface area contributed by atoms with Crippen LogP contribution in [0.3, 0.4) is 0 Å². The number of carbonyl (C=O) groups excluding carboxylic acids is 2. The van der Waals surface area contributed by atoms with Crippen molar-refractivity contribution in [2.75, 3.05) is 12.3 Å². The van der Waals surface area contributed by atoms with Crippen LogP contribution in [0.4, 0.5) is 8.78 Å². The van der Waals surface area contributed by atoms with E-state index >= 15 is 0 Å². The van der Waals surface area contributed by atoms with Crippen molar-refractivity contribution in [1.29, 1.82) is 0 Å². The number of hydrogen-bond donors (Lipinski definition) is 4. The average Bonchev–Trinajstić information content (AvgIpc) is 3.28. The van der Waals surface area contributed by atoms with Gasteiger partial charge in [-0.1, -0.05) is 113 Å². The summed E-state index contributed by atoms with van der Waals surface area (Å²) >= 11 is 0. The Kier molecular flexibility index (Phi) is 24.0. The van der Waals surface area contributed by atoms with Crippen LogP contribution in [0.5, 0.6) is 0 Å². The van der Waals surface area contributed by atoms with Gasteiger partial charge in [0.2, 0.25) is 14.7 Å². The summed E-state index contributed by atoms with van der Waals surface area (Å²) in [4.78, 5) is 52.1. The maximum absolute atomic E-state index is 13.7. The van der Waals surface area contributed by atoms with E-state index < -0.39 is 64.0 Å². The Bertz CT molecular complexity index is 2760. The van der Waals surface area contributed by atoms with Crippen molar-refractivity contribution in [3.05, 3.63) is 166 Å². The molecule has 0 amide bonds. The molecule has 72 heavy (non-hydrogen) atoms. The SMILES string of the molecule is Cc1c(-c2ccccc2)nc(C(C)C)c(C=CP(=O)(O)C[C@@H](O)CC(=O)[O-])c1-c1ccc(F)cc1.Cc1c(-c2ccccc2)nc(C(C)C)c(C=CP(=O)(O)C[C@@H](O)CC(=O)[O-])c1-c1ccc(F)cc1.[Na+].[Na+]. The minimum absolute atomic E-state index is 0. The molecule has 12 nitrogen and oxygen atoms in total. The van der Waals surface area contributed by atoms with E-state index in [1.165, 1.54) is 36.4 Å². The van der Waals surface area contributed by atoms with Crippen LogP contribution in [0.15, 0.2) is 121 Å². The molecule has 18 heteroatoms. The predicted octanol–water partition coefficient (Wildman–Crippen LogP) is 3.47. The second-order valence-corrected chi connectivity index (χ2v) is 21.9. The molecule has 0 aliphatic carbocycles. The van der Waals surface area contributed by atoms with Gasteiger partial charge < -0.3 is 39.8 Å². The number of nitrogens with zero attached hydrogens (tertiary/aromatic N) is 2. The van der Waals surface area contributed by atoms with Crippen LogP contribution in [0.25, 0.3) is 56.9 Å². The number of aliphatic hydroxyl groups excluding tert-OH is 2. The zero-order valence-electron chi connectivity index (χ0n) is 41.6. The van der Waals surface area contributed by atoms with Gasteiger partial charge >= 0.3 is 59.1 Å². The summed E-state index contributed by atoms with van der Waals surface area (Å²) in [7, 11) is -8.07. The van der Waals surface area contributed by atoms with Gasteiger partial charge in [-0.3, -0.25) is 19.1 Å². The van der Waals surface area contributed by atoms with E-state index in [2.05, 4.69) is 0 Å². The van der Waals surface area contributed by atoms with Crippen LogP contribution in [-0.2, 0) is 18.7 Å². The number of halogens is 2. The van der Waals surface area contributed by atoms with Gasteiger partial charge in [0.1, 0.15) is 11.6 Å². The van der Waals surface area contributed by atoms with Crippen molar-refractivity contribution < 1.29 is 117 Å². The molecule has 0 spiro atoms. The number of hydrogen-bond acceptors (Lipinski definition) is 10. The molecule has 2 unspecified atom stereocenters. The summed E-state index contributed by atoms with van der Waals surface area (Å²) in [6.07, 6.45) is -2.73. The largest absolute Gasteiger partial charge is 1.00 e. The third-order valence-electron chi connectivity index (χ3n) is 11.2. The Morgan fingerprint density at radius 3 is 1.14 bits per heavy atom. The van der Waals surface area contributed by atoms with Gasteiger partial charge in [-0.25, -0.2) is 8.78 Å². The van der Waals surface area contributed by atoms with Crippen molar-refractivity contribution in [3.8, 4) is 44.8 Å². The molecular weight excluding hydrogens is 983 g/mol. The van der Waals surface area contributed by atoms with Crippen LogP contribution in [-0.4, -0.2) is 66.4 Å². The van der Waals surface area contributed by atoms with Crippen molar-refractivity contribution in [3.63, 3.8) is 0 Å². The monoisotopic (exact) mass is 1040 g/mol. The van der Waals surface area contributed by atoms with Crippen molar-refractivity contribution in [2.45, 2.75) is 78.4 Å². The first-order valence-electron chi connectivity index (χ1n) is 22.5. The minimum atomic E-state index is -4.03. The molecule has 0 radical (unpaired) electrons. The fraction of sp³-hybridized carbons (Fsp3) is 0.259. The Morgan fingerprint density at radius 2 is 0.861 bits per heavy atom. The van der Waals surface area contributed by atoms with Crippen LogP contribution in [0.1, 0.15) is 86.0 Å². The topological polar surface area (TPSA) is 221 Å². The number of aliphatic carboxylic acids is 2. The molecular formula is C54H56F2N2Na2O10P2. The third kappa shape index (κ3) is 17.4. The number of carbonyl (C=O) groups is 2. The van der Waals surface area contributed by atoms with Crippen molar-refractivity contribution in [2.24, 2.45) is 0 Å². The first-order valence-corrected chi connectivity index (χ1v) is 26.3. The van der Waals surface area contributed by atoms with Gasteiger partial charge in [-0.15, -0.1) is 0 Å². The summed E-state index contributed by atoms with van der Waals surface area (Å²) < 4.78 is 52.9. The van der Waals surface area contributed by atoms with Gasteiger partial charge in [0.05, 0.1) is 47.3 Å². The molecule has 0 fully saturated rings. The normalized spacial score (nSPS) is 13.9. The quantitative estimate of drug-likeness (QED) is 0.0719. The zero-order valence-corrected chi connectivity index (χ0v) is 47.4. The maximum Gasteiger partial charge on any atom is 1.00 e. The summed E-state index contributed by atoms with van der Waals surface area (Å²) in [6, 6.07) is 31.3. The summed E-state index contributed by atoms with van der Waals surface area (Å²) in [5.74, 6) is -1.68. The number of carboxylic acid groups (broad SMARTS) is 2. The first-order chi connectivity index (χ1) is 33.0. The summed E-state index contributed by atoms with van der Waals surface area (Å²) in [5, 5.41) is 41.1. The molecule has 0 saturated carbocycles. The van der Waals surface area contributed by atoms with E-state index in [4.69, 9.17) is 9.97 Å². The van der Waals surface area contributed by atoms with E-state index in [1.807, 2.05) is 102 Å². The molecule has 4 atom stereocenters. The van der Waals surface area contributed by atoms with Crippen molar-refractivity contribution in [1.82, 2.24) is 9.97 Å². The van der Waals surface area contributed by atoms with Gasteiger partial charge in [-0.2, -0.15) is 0 Å². The van der Waals surface area contributed by atoms with E-state index in [9.17, 15) is 57.7 Å². The molecule has 0 aliphatic heterocycles. The molecule has 6 aromatic rings. The second kappa shape index (κ2) is 27.9. The molecule has 6 rings (SSSR count). The molecule has 0 bridgehead atoms. The smallest absolute Gasteiger partial charge is 0.550 e. The van der Waals surface area contributed by atoms with E-state index in [-0.39, 0.29) is 82.6 Å². The Balaban J connectivity index is 0.000000370. The van der Waals surface area contributed by atoms with Crippen molar-refractivity contribution >= 4 is 38.8 Å².